The van der Waals surface area contributed by atoms with Crippen LogP contribution in [0.25, 0.3) is 0 Å². The molecule has 1 fully saturated rings. The van der Waals surface area contributed by atoms with Crippen LogP contribution in [0.15, 0.2) is 0 Å². The third kappa shape index (κ3) is 4.15. The van der Waals surface area contributed by atoms with Gasteiger partial charge < -0.3 is 15.6 Å². The lowest BCUT2D eigenvalue weighted by Crippen LogP contribution is -2.44. The highest BCUT2D eigenvalue weighted by molar-refractivity contribution is 7.89. The highest BCUT2D eigenvalue weighted by Crippen LogP contribution is 2.22. The zero-order valence-electron chi connectivity index (χ0n) is 10.6. The molecule has 1 aliphatic heterocycles. The van der Waals surface area contributed by atoms with Crippen molar-refractivity contribution in [2.45, 2.75) is 31.4 Å². The lowest BCUT2D eigenvalue weighted by molar-refractivity contribution is -0.140. The Morgan fingerprint density at radius 1 is 1.47 bits per heavy atom. The fourth-order valence-electron chi connectivity index (χ4n) is 1.97. The number of β-amino-alcohol motifs (C(OH)–C–C–N with tert-alkyl or cyclic N) is 1. The second-order valence-corrected chi connectivity index (χ2v) is 6.41. The van der Waals surface area contributed by atoms with Crippen LogP contribution >= 0.6 is 0 Å². The fraction of sp³-hybridized carbons (Fsp3) is 0.800. The molecule has 19 heavy (non-hydrogen) atoms. The molecule has 0 aromatic carbocycles. The summed E-state index contributed by atoms with van der Waals surface area (Å²) in [6.07, 6.45) is -0.820. The molecule has 0 radical (unpaired) electrons. The molecule has 3 N–H and O–H groups in total. The third-order valence-corrected chi connectivity index (χ3v) is 4.85. The number of nitrogens with two attached hydrogens (primary N) is 1. The Hall–Kier alpha value is -1.19. The van der Waals surface area contributed by atoms with Crippen molar-refractivity contribution >= 4 is 21.9 Å². The third-order valence-electron chi connectivity index (χ3n) is 2.93. The quantitative estimate of drug-likeness (QED) is 0.556. The first-order chi connectivity index (χ1) is 8.77. The highest BCUT2D eigenvalue weighted by Gasteiger charge is 2.41. The summed E-state index contributed by atoms with van der Waals surface area (Å²) in [6.45, 7) is -0.145. The second-order valence-electron chi connectivity index (χ2n) is 4.37. The second kappa shape index (κ2) is 6.31. The number of carbonyl (C=O) groups is 2. The van der Waals surface area contributed by atoms with Gasteiger partial charge in [-0.05, 0) is 6.42 Å². The fourth-order valence-corrected chi connectivity index (χ4v) is 3.69. The normalized spacial score (nSPS) is 24.3. The molecule has 0 aliphatic carbocycles. The summed E-state index contributed by atoms with van der Waals surface area (Å²) in [5.41, 5.74) is 5.12. The van der Waals surface area contributed by atoms with Gasteiger partial charge in [0.05, 0.1) is 19.0 Å². The van der Waals surface area contributed by atoms with Crippen LogP contribution in [-0.4, -0.2) is 61.3 Å². The van der Waals surface area contributed by atoms with Gasteiger partial charge >= 0.3 is 5.97 Å². The standard InChI is InChI=1S/C10H18N2O6S/c1-18-9(14)3-2-4-19(16,17)12-6-7(13)5-8(12)10(11)15/h7-8,13H,2-6H2,1H3,(H2,11,15). The van der Waals surface area contributed by atoms with Crippen LogP contribution in [0.1, 0.15) is 19.3 Å². The van der Waals surface area contributed by atoms with Crippen molar-refractivity contribution < 1.29 is 27.9 Å². The molecule has 1 aliphatic rings. The summed E-state index contributed by atoms with van der Waals surface area (Å²) in [5.74, 6) is -1.57. The number of amides is 1. The van der Waals surface area contributed by atoms with Gasteiger partial charge in [0.2, 0.25) is 15.9 Å². The molecule has 1 saturated heterocycles. The van der Waals surface area contributed by atoms with Crippen molar-refractivity contribution in [3.05, 3.63) is 0 Å². The largest absolute Gasteiger partial charge is 0.469 e. The van der Waals surface area contributed by atoms with Gasteiger partial charge in [-0.2, -0.15) is 4.31 Å². The van der Waals surface area contributed by atoms with Crippen molar-refractivity contribution in [3.63, 3.8) is 0 Å². The predicted molar refractivity (Wildman–Crippen MR) is 65.3 cm³/mol. The minimum Gasteiger partial charge on any atom is -0.469 e. The molecular formula is C10H18N2O6S. The van der Waals surface area contributed by atoms with Crippen LogP contribution in [-0.2, 0) is 24.3 Å². The van der Waals surface area contributed by atoms with E-state index >= 15 is 0 Å². The molecular weight excluding hydrogens is 276 g/mol. The van der Waals surface area contributed by atoms with E-state index in [1.54, 1.807) is 0 Å². The maximum Gasteiger partial charge on any atom is 0.305 e. The molecule has 8 nitrogen and oxygen atoms in total. The van der Waals surface area contributed by atoms with E-state index in [1.807, 2.05) is 0 Å². The molecule has 0 aromatic heterocycles. The van der Waals surface area contributed by atoms with Crippen molar-refractivity contribution in [1.29, 1.82) is 0 Å². The number of aliphatic hydroxyl groups is 1. The number of hydrogen-bond acceptors (Lipinski definition) is 6. The van der Waals surface area contributed by atoms with Gasteiger partial charge in [0, 0.05) is 19.4 Å². The Balaban J connectivity index is 2.65. The Morgan fingerprint density at radius 3 is 2.63 bits per heavy atom. The van der Waals surface area contributed by atoms with E-state index in [2.05, 4.69) is 4.74 Å². The van der Waals surface area contributed by atoms with Crippen LogP contribution in [0.4, 0.5) is 0 Å². The van der Waals surface area contributed by atoms with Crippen molar-refractivity contribution in [2.75, 3.05) is 19.4 Å². The Labute approximate surface area is 111 Å². The Bertz CT molecular complexity index is 449. The molecule has 2 atom stereocenters. The number of nitrogens with zero attached hydrogens (tertiary/aromatic N) is 1. The zero-order valence-corrected chi connectivity index (χ0v) is 11.4. The van der Waals surface area contributed by atoms with Crippen LogP contribution in [0, 0.1) is 0 Å². The minimum absolute atomic E-state index is 0.00552. The van der Waals surface area contributed by atoms with Crippen LogP contribution in [0.5, 0.6) is 0 Å². The van der Waals surface area contributed by atoms with Gasteiger partial charge in [0.15, 0.2) is 0 Å². The molecule has 9 heteroatoms. The number of primary amides is 1. The van der Waals surface area contributed by atoms with E-state index in [0.717, 1.165) is 4.31 Å². The maximum atomic E-state index is 12.0. The number of ether oxygens (including phenoxy) is 1. The van der Waals surface area contributed by atoms with Gasteiger partial charge in [-0.15, -0.1) is 0 Å². The van der Waals surface area contributed by atoms with Gasteiger partial charge in [-0.1, -0.05) is 0 Å². The summed E-state index contributed by atoms with van der Waals surface area (Å²) in [7, 11) is -2.51. The average molecular weight is 294 g/mol. The van der Waals surface area contributed by atoms with Crippen LogP contribution in [0.2, 0.25) is 0 Å². The molecule has 0 spiro atoms. The van der Waals surface area contributed by atoms with Crippen LogP contribution < -0.4 is 5.73 Å². The molecule has 2 unspecified atom stereocenters. The van der Waals surface area contributed by atoms with E-state index in [1.165, 1.54) is 7.11 Å². The van der Waals surface area contributed by atoms with E-state index in [4.69, 9.17) is 5.73 Å². The number of sulfonamides is 1. The molecule has 1 heterocycles. The van der Waals surface area contributed by atoms with Gasteiger partial charge in [0.1, 0.15) is 6.04 Å². The van der Waals surface area contributed by atoms with E-state index < -0.39 is 34.0 Å². The van der Waals surface area contributed by atoms with Crippen molar-refractivity contribution in [2.24, 2.45) is 5.73 Å². The number of methoxy groups -OCH3 is 1. The number of hydrogen-bond donors (Lipinski definition) is 2. The minimum atomic E-state index is -3.73. The zero-order chi connectivity index (χ0) is 14.6. The molecule has 0 aromatic rings. The smallest absolute Gasteiger partial charge is 0.305 e. The maximum absolute atomic E-state index is 12.0. The van der Waals surface area contributed by atoms with E-state index in [-0.39, 0.29) is 31.6 Å². The van der Waals surface area contributed by atoms with Crippen molar-refractivity contribution in [1.82, 2.24) is 4.31 Å². The Kier molecular flexibility index (Phi) is 5.27. The molecule has 1 rings (SSSR count). The van der Waals surface area contributed by atoms with Gasteiger partial charge in [0.25, 0.3) is 0 Å². The summed E-state index contributed by atoms with van der Waals surface area (Å²) >= 11 is 0. The molecule has 1 amide bonds. The number of aliphatic hydroxyl groups excluding tert-OH is 1. The molecule has 110 valence electrons. The average Bonchev–Trinajstić information content (AvgIpc) is 2.72. The van der Waals surface area contributed by atoms with Crippen molar-refractivity contribution in [3.8, 4) is 0 Å². The predicted octanol–water partition coefficient (Wildman–Crippen LogP) is -1.81. The lowest BCUT2D eigenvalue weighted by Gasteiger charge is -2.21. The summed E-state index contributed by atoms with van der Waals surface area (Å²) in [5, 5.41) is 9.45. The van der Waals surface area contributed by atoms with E-state index in [9.17, 15) is 23.1 Å². The van der Waals surface area contributed by atoms with Gasteiger partial charge in [-0.3, -0.25) is 9.59 Å². The number of rotatable bonds is 6. The van der Waals surface area contributed by atoms with E-state index in [0.29, 0.717) is 0 Å². The highest BCUT2D eigenvalue weighted by atomic mass is 32.2. The topological polar surface area (TPSA) is 127 Å². The summed E-state index contributed by atoms with van der Waals surface area (Å²) in [6, 6.07) is -1.02. The molecule has 0 bridgehead atoms. The van der Waals surface area contributed by atoms with Crippen LogP contribution in [0.3, 0.4) is 0 Å². The monoisotopic (exact) mass is 294 g/mol. The first kappa shape index (κ1) is 15.9. The first-order valence-corrected chi connectivity index (χ1v) is 7.42. The Morgan fingerprint density at radius 2 is 2.11 bits per heavy atom. The number of carbonyl (C=O) groups excluding carboxylic acids is 2. The summed E-state index contributed by atoms with van der Waals surface area (Å²) in [4.78, 5) is 22.1. The number of esters is 1. The van der Waals surface area contributed by atoms with Gasteiger partial charge in [-0.25, -0.2) is 8.42 Å². The summed E-state index contributed by atoms with van der Waals surface area (Å²) < 4.78 is 29.4. The molecule has 0 saturated carbocycles. The lowest BCUT2D eigenvalue weighted by atomic mass is 10.2. The first-order valence-electron chi connectivity index (χ1n) is 5.81. The SMILES string of the molecule is COC(=O)CCCS(=O)(=O)N1CC(O)CC1C(N)=O.